The summed E-state index contributed by atoms with van der Waals surface area (Å²) in [5.41, 5.74) is 0.596. The summed E-state index contributed by atoms with van der Waals surface area (Å²) in [5.74, 6) is -0.588. The zero-order valence-electron chi connectivity index (χ0n) is 18.1. The van der Waals surface area contributed by atoms with E-state index in [1.807, 2.05) is 17.0 Å². The van der Waals surface area contributed by atoms with Crippen LogP contribution < -0.4 is 0 Å². The first kappa shape index (κ1) is 20.9. The third-order valence-corrected chi connectivity index (χ3v) is 7.82. The van der Waals surface area contributed by atoms with E-state index in [0.717, 1.165) is 55.0 Å². The number of carbonyl (C=O) groups is 1. The molecule has 31 heavy (non-hydrogen) atoms. The number of nitrogens with zero attached hydrogens (tertiary/aromatic N) is 2. The van der Waals surface area contributed by atoms with Crippen LogP contribution in [-0.4, -0.2) is 50.1 Å². The second-order valence-electron chi connectivity index (χ2n) is 9.98. The minimum absolute atomic E-state index is 0.00920. The summed E-state index contributed by atoms with van der Waals surface area (Å²) in [5, 5.41) is 28.9. The molecule has 5 unspecified atom stereocenters. The average molecular weight is 430 g/mol. The molecule has 5 atom stereocenters. The van der Waals surface area contributed by atoms with Crippen molar-refractivity contribution >= 4 is 16.9 Å². The quantitative estimate of drug-likeness (QED) is 0.637. The van der Waals surface area contributed by atoms with Crippen molar-refractivity contribution in [3.63, 3.8) is 0 Å². The minimum Gasteiger partial charge on any atom is -0.481 e. The van der Waals surface area contributed by atoms with Gasteiger partial charge in [0.2, 0.25) is 0 Å². The molecule has 0 bridgehead atoms. The number of likely N-dealkylation sites (tertiary alicyclic amines) is 1. The van der Waals surface area contributed by atoms with Crippen LogP contribution in [0.3, 0.4) is 0 Å². The fourth-order valence-electron chi connectivity index (χ4n) is 6.17. The number of aromatic amines is 1. The molecule has 2 heterocycles. The van der Waals surface area contributed by atoms with E-state index in [-0.39, 0.29) is 24.3 Å². The van der Waals surface area contributed by atoms with E-state index in [1.165, 1.54) is 6.92 Å². The summed E-state index contributed by atoms with van der Waals surface area (Å²) in [6, 6.07) is 5.95. The van der Waals surface area contributed by atoms with Gasteiger partial charge in [0.05, 0.1) is 17.1 Å². The molecule has 3 aliphatic rings. The van der Waals surface area contributed by atoms with Crippen molar-refractivity contribution in [2.45, 2.75) is 82.1 Å². The number of rotatable bonds is 6. The zero-order chi connectivity index (χ0) is 21.8. The van der Waals surface area contributed by atoms with Gasteiger partial charge in [-0.25, -0.2) is 4.39 Å². The van der Waals surface area contributed by atoms with Crippen molar-refractivity contribution in [2.24, 2.45) is 11.8 Å². The molecule has 6 nitrogen and oxygen atoms in total. The largest absolute Gasteiger partial charge is 0.481 e. The number of alkyl halides is 1. The van der Waals surface area contributed by atoms with Crippen LogP contribution in [0.5, 0.6) is 0 Å². The van der Waals surface area contributed by atoms with E-state index < -0.39 is 17.9 Å². The highest BCUT2D eigenvalue weighted by Crippen LogP contribution is 2.46. The van der Waals surface area contributed by atoms with E-state index in [0.29, 0.717) is 24.6 Å². The SMILES string of the molecule is CC(F)(CC(O)N1CCCC2C(C(=O)O)CCCC21)c1[nH]nc2cccc(C3CC3)c12. The first-order valence-electron chi connectivity index (χ1n) is 11.7. The van der Waals surface area contributed by atoms with E-state index >= 15 is 4.39 Å². The molecule has 0 radical (unpaired) electrons. The van der Waals surface area contributed by atoms with Crippen molar-refractivity contribution in [3.8, 4) is 0 Å². The van der Waals surface area contributed by atoms with E-state index in [9.17, 15) is 15.0 Å². The van der Waals surface area contributed by atoms with Gasteiger partial charge >= 0.3 is 5.97 Å². The number of carboxylic acid groups (broad SMARTS) is 1. The summed E-state index contributed by atoms with van der Waals surface area (Å²) in [4.78, 5) is 13.7. The number of fused-ring (bicyclic) bond motifs is 2. The number of hydrogen-bond acceptors (Lipinski definition) is 4. The van der Waals surface area contributed by atoms with Crippen molar-refractivity contribution in [1.82, 2.24) is 15.1 Å². The molecule has 3 N–H and O–H groups in total. The Labute approximate surface area is 181 Å². The van der Waals surface area contributed by atoms with Crippen LogP contribution in [0.1, 0.15) is 75.5 Å². The number of carboxylic acids is 1. The Bertz CT molecular complexity index is 970. The smallest absolute Gasteiger partial charge is 0.306 e. The Morgan fingerprint density at radius 2 is 2.10 bits per heavy atom. The highest BCUT2D eigenvalue weighted by Gasteiger charge is 2.45. The minimum atomic E-state index is -1.77. The van der Waals surface area contributed by atoms with Crippen LogP contribution in [0.4, 0.5) is 4.39 Å². The Morgan fingerprint density at radius 3 is 2.84 bits per heavy atom. The molecule has 2 aromatic rings. The topological polar surface area (TPSA) is 89.5 Å². The van der Waals surface area contributed by atoms with Crippen LogP contribution >= 0.6 is 0 Å². The maximum Gasteiger partial charge on any atom is 0.306 e. The van der Waals surface area contributed by atoms with Gasteiger partial charge in [-0.15, -0.1) is 0 Å². The van der Waals surface area contributed by atoms with Crippen LogP contribution in [0.2, 0.25) is 0 Å². The van der Waals surface area contributed by atoms with Gasteiger partial charge in [0.1, 0.15) is 6.23 Å². The summed E-state index contributed by atoms with van der Waals surface area (Å²) in [7, 11) is 0. The second-order valence-corrected chi connectivity index (χ2v) is 9.98. The van der Waals surface area contributed by atoms with Gasteiger partial charge in [-0.3, -0.25) is 14.8 Å². The Balaban J connectivity index is 1.39. The van der Waals surface area contributed by atoms with E-state index in [2.05, 4.69) is 16.3 Å². The number of piperidine rings is 1. The summed E-state index contributed by atoms with van der Waals surface area (Å²) < 4.78 is 16.1. The molecular formula is C24H32FN3O3. The molecule has 0 amide bonds. The first-order valence-corrected chi connectivity index (χ1v) is 11.7. The number of aliphatic carboxylic acids is 1. The highest BCUT2D eigenvalue weighted by atomic mass is 19.1. The zero-order valence-corrected chi connectivity index (χ0v) is 18.1. The molecule has 7 heteroatoms. The third kappa shape index (κ3) is 3.76. The van der Waals surface area contributed by atoms with Crippen molar-refractivity contribution in [3.05, 3.63) is 29.5 Å². The van der Waals surface area contributed by atoms with Gasteiger partial charge in [0, 0.05) is 24.4 Å². The number of H-pyrrole nitrogens is 1. The number of nitrogens with one attached hydrogen (secondary N) is 1. The number of benzene rings is 1. The number of aromatic nitrogens is 2. The number of halogens is 1. The second kappa shape index (κ2) is 7.85. The van der Waals surface area contributed by atoms with Crippen LogP contribution in [0.25, 0.3) is 10.9 Å². The van der Waals surface area contributed by atoms with Gasteiger partial charge in [0.15, 0.2) is 5.67 Å². The normalized spacial score (nSPS) is 30.0. The van der Waals surface area contributed by atoms with Gasteiger partial charge in [-0.1, -0.05) is 18.6 Å². The van der Waals surface area contributed by atoms with Gasteiger partial charge < -0.3 is 10.2 Å². The third-order valence-electron chi connectivity index (χ3n) is 7.82. The fourth-order valence-corrected chi connectivity index (χ4v) is 6.17. The lowest BCUT2D eigenvalue weighted by Gasteiger charge is -2.48. The predicted molar refractivity (Wildman–Crippen MR) is 115 cm³/mol. The van der Waals surface area contributed by atoms with Crippen LogP contribution in [0.15, 0.2) is 18.2 Å². The highest BCUT2D eigenvalue weighted by molar-refractivity contribution is 5.86. The molecule has 5 rings (SSSR count). The maximum atomic E-state index is 16.1. The van der Waals surface area contributed by atoms with Crippen molar-refractivity contribution in [2.75, 3.05) is 6.54 Å². The fraction of sp³-hybridized carbons (Fsp3) is 0.667. The van der Waals surface area contributed by atoms with Crippen LogP contribution in [0, 0.1) is 11.8 Å². The lowest BCUT2D eigenvalue weighted by Crippen LogP contribution is -2.55. The predicted octanol–water partition coefficient (Wildman–Crippen LogP) is 4.30. The molecule has 1 aliphatic heterocycles. The lowest BCUT2D eigenvalue weighted by molar-refractivity contribution is -0.152. The molecule has 2 saturated carbocycles. The summed E-state index contributed by atoms with van der Waals surface area (Å²) >= 11 is 0. The Kier molecular flexibility index (Phi) is 5.29. The molecule has 1 aromatic carbocycles. The maximum absolute atomic E-state index is 16.1. The monoisotopic (exact) mass is 429 g/mol. The van der Waals surface area contributed by atoms with E-state index in [4.69, 9.17) is 0 Å². The number of aliphatic hydroxyl groups is 1. The molecular weight excluding hydrogens is 397 g/mol. The number of hydrogen-bond donors (Lipinski definition) is 3. The lowest BCUT2D eigenvalue weighted by atomic mass is 9.71. The molecule has 3 fully saturated rings. The molecule has 0 spiro atoms. The van der Waals surface area contributed by atoms with E-state index in [1.54, 1.807) is 0 Å². The Hall–Kier alpha value is -1.99. The molecule has 1 saturated heterocycles. The standard InChI is InChI=1S/C24H32FN3O3/c1-24(25,22-21-15(14-10-11-14)5-2-8-18(21)26-27-22)13-20(29)28-12-4-7-16-17(23(30)31)6-3-9-19(16)28/h2,5,8,14,16-17,19-20,29H,3-4,6-7,9-13H2,1H3,(H,26,27)(H,30,31). The van der Waals surface area contributed by atoms with Gasteiger partial charge in [0.25, 0.3) is 0 Å². The molecule has 168 valence electrons. The Morgan fingerprint density at radius 1 is 1.29 bits per heavy atom. The summed E-state index contributed by atoms with van der Waals surface area (Å²) in [6.45, 7) is 2.21. The summed E-state index contributed by atoms with van der Waals surface area (Å²) in [6.07, 6.45) is 5.33. The first-order chi connectivity index (χ1) is 14.9. The number of aliphatic hydroxyl groups excluding tert-OH is 1. The van der Waals surface area contributed by atoms with Crippen molar-refractivity contribution < 1.29 is 19.4 Å². The average Bonchev–Trinajstić information content (AvgIpc) is 3.49. The van der Waals surface area contributed by atoms with Gasteiger partial charge in [-0.2, -0.15) is 5.10 Å². The van der Waals surface area contributed by atoms with Crippen molar-refractivity contribution in [1.29, 1.82) is 0 Å². The van der Waals surface area contributed by atoms with Crippen LogP contribution in [-0.2, 0) is 10.5 Å². The molecule has 2 aliphatic carbocycles. The molecule has 1 aromatic heterocycles. The van der Waals surface area contributed by atoms with Gasteiger partial charge in [-0.05, 0) is 68.9 Å².